The number of ether oxygens (including phenoxy) is 1. The monoisotopic (exact) mass is 700 g/mol. The van der Waals surface area contributed by atoms with E-state index in [0.717, 1.165) is 17.5 Å². The summed E-state index contributed by atoms with van der Waals surface area (Å²) in [6.07, 6.45) is 2.17. The molecule has 2 aliphatic rings. The highest BCUT2D eigenvalue weighted by atomic mass is 16.5. The third-order valence-electron chi connectivity index (χ3n) is 9.65. The molecule has 1 heterocycles. The number of unbranched alkanes of at least 4 members (excludes halogenated alkanes) is 1. The Morgan fingerprint density at radius 1 is 0.960 bits per heavy atom. The molecule has 6 N–H and O–H groups in total. The molecule has 1 aromatic rings. The van der Waals surface area contributed by atoms with E-state index in [1.54, 1.807) is 11.8 Å². The number of aliphatic hydroxyl groups is 1. The number of aliphatic hydroxyl groups excluding tert-OH is 1. The highest BCUT2D eigenvalue weighted by molar-refractivity contribution is 5.93. The first kappa shape index (κ1) is 40.6. The average molecular weight is 701 g/mol. The van der Waals surface area contributed by atoms with E-state index >= 15 is 0 Å². The van der Waals surface area contributed by atoms with Crippen molar-refractivity contribution >= 4 is 29.8 Å². The zero-order chi connectivity index (χ0) is 37.0. The second kappa shape index (κ2) is 18.9. The van der Waals surface area contributed by atoms with Crippen LogP contribution >= 0.6 is 0 Å². The molecule has 6 amide bonds. The van der Waals surface area contributed by atoms with Crippen molar-refractivity contribution < 1.29 is 33.8 Å². The Balaban J connectivity index is 1.84. The van der Waals surface area contributed by atoms with Gasteiger partial charge in [0.05, 0.1) is 12.1 Å². The molecule has 1 aromatic carbocycles. The summed E-state index contributed by atoms with van der Waals surface area (Å²) >= 11 is 0. The summed E-state index contributed by atoms with van der Waals surface area (Å²) in [7, 11) is 0. The van der Waals surface area contributed by atoms with Crippen molar-refractivity contribution in [2.24, 2.45) is 17.3 Å². The van der Waals surface area contributed by atoms with E-state index in [9.17, 15) is 29.1 Å². The molecule has 0 saturated carbocycles. The summed E-state index contributed by atoms with van der Waals surface area (Å²) in [6, 6.07) is 4.22. The Bertz CT molecular complexity index is 1290. The standard InChI is InChI=1S/C37H60N6O7/c1-8-11-16-27(31(44)33(46)39-17-9-2)40-32(45)28-18-23(4)21-43(28)34(47)30(26-19-24-14-12-13-15-25(24)20-26)42-35(48)41-29(37(5,6)7)22-50-36(49)38-10-3/h12-15,23,26-31,44H,8-11,16-22H2,1-7H3,(H,38,49)(H,39,46)(H,40,45)(H2,41,42,48)/t23?,27?,28-,29+,30-,31?/m0/s1. The Morgan fingerprint density at radius 3 is 2.20 bits per heavy atom. The van der Waals surface area contributed by atoms with Gasteiger partial charge < -0.3 is 41.3 Å². The third-order valence-corrected chi connectivity index (χ3v) is 9.65. The largest absolute Gasteiger partial charge is 0.447 e. The van der Waals surface area contributed by atoms with Crippen molar-refractivity contribution in [1.29, 1.82) is 0 Å². The summed E-state index contributed by atoms with van der Waals surface area (Å²) in [6.45, 7) is 14.5. The van der Waals surface area contributed by atoms with E-state index in [4.69, 9.17) is 4.74 Å². The normalized spacial score (nSPS) is 19.8. The molecular formula is C37H60N6O7. The van der Waals surface area contributed by atoms with Crippen LogP contribution in [0.25, 0.3) is 0 Å². The average Bonchev–Trinajstić information content (AvgIpc) is 3.68. The van der Waals surface area contributed by atoms with Gasteiger partial charge in [0.25, 0.3) is 5.91 Å². The van der Waals surface area contributed by atoms with Crippen molar-refractivity contribution in [1.82, 2.24) is 31.5 Å². The Hall–Kier alpha value is -3.87. The summed E-state index contributed by atoms with van der Waals surface area (Å²) in [5.74, 6) is -1.58. The van der Waals surface area contributed by atoms with Crippen molar-refractivity contribution in [2.75, 3.05) is 26.2 Å². The number of urea groups is 1. The molecule has 13 nitrogen and oxygen atoms in total. The quantitative estimate of drug-likeness (QED) is 0.154. The maximum Gasteiger partial charge on any atom is 0.407 e. The predicted molar refractivity (Wildman–Crippen MR) is 191 cm³/mol. The fourth-order valence-corrected chi connectivity index (χ4v) is 6.68. The fraction of sp³-hybridized carbons (Fsp3) is 0.703. The molecule has 6 atom stereocenters. The van der Waals surface area contributed by atoms with Crippen LogP contribution in [0.1, 0.15) is 91.7 Å². The molecule has 0 radical (unpaired) electrons. The molecule has 3 rings (SSSR count). The highest BCUT2D eigenvalue weighted by Crippen LogP contribution is 2.32. The molecule has 3 unspecified atom stereocenters. The Labute approximate surface area is 297 Å². The summed E-state index contributed by atoms with van der Waals surface area (Å²) in [5.41, 5.74) is 1.74. The molecule has 0 aromatic heterocycles. The van der Waals surface area contributed by atoms with Gasteiger partial charge in [-0.1, -0.05) is 78.6 Å². The van der Waals surface area contributed by atoms with Gasteiger partial charge in [0.15, 0.2) is 6.10 Å². The maximum absolute atomic E-state index is 14.6. The highest BCUT2D eigenvalue weighted by Gasteiger charge is 2.45. The molecule has 0 spiro atoms. The molecule has 50 heavy (non-hydrogen) atoms. The van der Waals surface area contributed by atoms with Gasteiger partial charge in [-0.25, -0.2) is 9.59 Å². The summed E-state index contributed by atoms with van der Waals surface area (Å²) < 4.78 is 5.35. The molecule has 0 bridgehead atoms. The summed E-state index contributed by atoms with van der Waals surface area (Å²) in [5, 5.41) is 25.0. The smallest absolute Gasteiger partial charge is 0.407 e. The Morgan fingerprint density at radius 2 is 1.62 bits per heavy atom. The molecule has 1 aliphatic heterocycles. The van der Waals surface area contributed by atoms with Crippen LogP contribution in [0.3, 0.4) is 0 Å². The lowest BCUT2D eigenvalue weighted by molar-refractivity contribution is -0.142. The molecule has 13 heteroatoms. The number of alkyl carbamates (subject to hydrolysis) is 1. The van der Waals surface area contributed by atoms with Gasteiger partial charge in [-0.15, -0.1) is 0 Å². The number of nitrogens with zero attached hydrogens (tertiary/aromatic N) is 1. The lowest BCUT2D eigenvalue weighted by atomic mass is 9.87. The molecular weight excluding hydrogens is 640 g/mol. The fourth-order valence-electron chi connectivity index (χ4n) is 6.68. The number of fused-ring (bicyclic) bond motifs is 1. The van der Waals surface area contributed by atoms with Crippen LogP contribution in [0.2, 0.25) is 0 Å². The van der Waals surface area contributed by atoms with Crippen LogP contribution < -0.4 is 26.6 Å². The van der Waals surface area contributed by atoms with Gasteiger partial charge in [0, 0.05) is 19.6 Å². The number of likely N-dealkylation sites (tertiary alicyclic amines) is 1. The van der Waals surface area contributed by atoms with Crippen LogP contribution in [-0.4, -0.2) is 96.4 Å². The SMILES string of the molecule is CCCCC(NC(=O)[C@@H]1CC(C)CN1C(=O)[C@@H](NC(=O)N[C@H](COC(=O)NCC)C(C)(C)C)C1Cc2ccccc2C1)C(O)C(=O)NCCC. The van der Waals surface area contributed by atoms with Gasteiger partial charge in [-0.3, -0.25) is 14.4 Å². The second-order valence-corrected chi connectivity index (χ2v) is 14.9. The lowest BCUT2D eigenvalue weighted by Crippen LogP contribution is -2.60. The van der Waals surface area contributed by atoms with Gasteiger partial charge in [-0.2, -0.15) is 0 Å². The summed E-state index contributed by atoms with van der Waals surface area (Å²) in [4.78, 5) is 68.4. The van der Waals surface area contributed by atoms with E-state index < -0.39 is 59.6 Å². The topological polar surface area (TPSA) is 178 Å². The van der Waals surface area contributed by atoms with Gasteiger partial charge in [0.2, 0.25) is 11.8 Å². The van der Waals surface area contributed by atoms with Gasteiger partial charge in [0.1, 0.15) is 18.7 Å². The number of carbonyl (C=O) groups is 5. The first-order valence-electron chi connectivity index (χ1n) is 18.3. The Kier molecular flexibility index (Phi) is 15.4. The number of hydrogen-bond acceptors (Lipinski definition) is 7. The van der Waals surface area contributed by atoms with E-state index in [-0.39, 0.29) is 24.3 Å². The van der Waals surface area contributed by atoms with Crippen LogP contribution in [0, 0.1) is 17.3 Å². The predicted octanol–water partition coefficient (Wildman–Crippen LogP) is 3.03. The number of nitrogens with one attached hydrogen (secondary N) is 5. The third kappa shape index (κ3) is 11.3. The number of rotatable bonds is 16. The minimum atomic E-state index is -1.43. The van der Waals surface area contributed by atoms with Gasteiger partial charge in [-0.05, 0) is 67.4 Å². The second-order valence-electron chi connectivity index (χ2n) is 14.9. The van der Waals surface area contributed by atoms with Crippen molar-refractivity contribution in [3.63, 3.8) is 0 Å². The first-order chi connectivity index (χ1) is 23.7. The van der Waals surface area contributed by atoms with E-state index in [0.29, 0.717) is 58.2 Å². The zero-order valence-electron chi connectivity index (χ0n) is 31.0. The first-order valence-corrected chi connectivity index (χ1v) is 18.3. The van der Waals surface area contributed by atoms with Gasteiger partial charge >= 0.3 is 12.1 Å². The van der Waals surface area contributed by atoms with Crippen molar-refractivity contribution in [3.05, 3.63) is 35.4 Å². The molecule has 1 fully saturated rings. The van der Waals surface area contributed by atoms with Crippen LogP contribution in [0.15, 0.2) is 24.3 Å². The van der Waals surface area contributed by atoms with Crippen LogP contribution in [-0.2, 0) is 32.0 Å². The minimum absolute atomic E-state index is 0.00788. The van der Waals surface area contributed by atoms with E-state index in [1.165, 1.54) is 0 Å². The molecule has 280 valence electrons. The maximum atomic E-state index is 14.6. The van der Waals surface area contributed by atoms with E-state index in [1.807, 2.05) is 65.8 Å². The van der Waals surface area contributed by atoms with Crippen molar-refractivity contribution in [2.45, 2.75) is 124 Å². The van der Waals surface area contributed by atoms with Crippen LogP contribution in [0.5, 0.6) is 0 Å². The number of amides is 6. The minimum Gasteiger partial charge on any atom is -0.447 e. The van der Waals surface area contributed by atoms with Crippen LogP contribution in [0.4, 0.5) is 9.59 Å². The molecule has 1 saturated heterocycles. The number of carbonyl (C=O) groups excluding carboxylic acids is 5. The van der Waals surface area contributed by atoms with E-state index in [2.05, 4.69) is 26.6 Å². The zero-order valence-corrected chi connectivity index (χ0v) is 31.0. The number of hydrogen-bond donors (Lipinski definition) is 6. The van der Waals surface area contributed by atoms with Crippen molar-refractivity contribution in [3.8, 4) is 0 Å². The number of benzene rings is 1. The molecule has 1 aliphatic carbocycles. The lowest BCUT2D eigenvalue weighted by Gasteiger charge is -2.34.